The summed E-state index contributed by atoms with van der Waals surface area (Å²) < 4.78 is 21.2. The van der Waals surface area contributed by atoms with Gasteiger partial charge in [-0.25, -0.2) is 4.98 Å². The largest absolute Gasteiger partial charge is 0.497 e. The lowest BCUT2D eigenvalue weighted by molar-refractivity contribution is -0.115. The second kappa shape index (κ2) is 12.1. The smallest absolute Gasteiger partial charge is 0.237 e. The number of ether oxygens (including phenoxy) is 4. The zero-order valence-electron chi connectivity index (χ0n) is 21.6. The van der Waals surface area contributed by atoms with E-state index in [0.29, 0.717) is 27.4 Å². The molecule has 0 aliphatic heterocycles. The molecule has 38 heavy (non-hydrogen) atoms. The number of amides is 1. The molecule has 4 aromatic rings. The number of aromatic amines is 1. The maximum Gasteiger partial charge on any atom is 0.237 e. The molecule has 8 nitrogen and oxygen atoms in total. The van der Waals surface area contributed by atoms with Gasteiger partial charge in [-0.05, 0) is 61.5 Å². The fourth-order valence-corrected chi connectivity index (χ4v) is 4.79. The zero-order valence-corrected chi connectivity index (χ0v) is 23.2. The van der Waals surface area contributed by atoms with E-state index in [4.69, 9.17) is 35.5 Å². The van der Waals surface area contributed by atoms with Gasteiger partial charge in [-0.15, -0.1) is 0 Å². The predicted octanol–water partition coefficient (Wildman–Crippen LogP) is 6.55. The molecule has 4 rings (SSSR count). The molecule has 1 aromatic heterocycles. The van der Waals surface area contributed by atoms with Crippen molar-refractivity contribution in [1.82, 2.24) is 9.97 Å². The number of benzene rings is 3. The van der Waals surface area contributed by atoms with Crippen molar-refractivity contribution in [3.8, 4) is 45.5 Å². The molecule has 1 unspecified atom stereocenters. The van der Waals surface area contributed by atoms with E-state index in [1.54, 1.807) is 33.3 Å². The van der Waals surface area contributed by atoms with E-state index < -0.39 is 5.25 Å². The number of nitrogens with zero attached hydrogens (tertiary/aromatic N) is 1. The number of nitrogens with one attached hydrogen (secondary N) is 2. The molecule has 0 aliphatic rings. The maximum absolute atomic E-state index is 13.1. The van der Waals surface area contributed by atoms with Gasteiger partial charge in [0, 0.05) is 17.2 Å². The summed E-state index contributed by atoms with van der Waals surface area (Å²) in [4.78, 5) is 21.3. The number of thioether (sulfide) groups is 1. The Bertz CT molecular complexity index is 1340. The van der Waals surface area contributed by atoms with Gasteiger partial charge in [0.2, 0.25) is 5.91 Å². The second-order valence-corrected chi connectivity index (χ2v) is 9.90. The summed E-state index contributed by atoms with van der Waals surface area (Å²) in [5.74, 6) is 2.18. The first kappa shape index (κ1) is 27.2. The fraction of sp³-hybridized carbons (Fsp3) is 0.214. The summed E-state index contributed by atoms with van der Waals surface area (Å²) in [5.41, 5.74) is 3.89. The highest BCUT2D eigenvalue weighted by Crippen LogP contribution is 2.38. The summed E-state index contributed by atoms with van der Waals surface area (Å²) >= 11 is 7.57. The molecule has 1 amide bonds. The quantitative estimate of drug-likeness (QED) is 0.215. The van der Waals surface area contributed by atoms with E-state index >= 15 is 0 Å². The molecule has 1 heterocycles. The maximum atomic E-state index is 13.1. The van der Waals surface area contributed by atoms with Crippen LogP contribution in [0.1, 0.15) is 6.92 Å². The lowest BCUT2D eigenvalue weighted by atomic mass is 10.0. The van der Waals surface area contributed by atoms with Crippen LogP contribution in [-0.4, -0.2) is 49.6 Å². The minimum Gasteiger partial charge on any atom is -0.497 e. The Morgan fingerprint density at radius 2 is 1.45 bits per heavy atom. The fourth-order valence-electron chi connectivity index (χ4n) is 3.74. The van der Waals surface area contributed by atoms with Gasteiger partial charge in [0.15, 0.2) is 5.16 Å². The highest BCUT2D eigenvalue weighted by Gasteiger charge is 2.22. The average Bonchev–Trinajstić information content (AvgIpc) is 3.36. The summed E-state index contributed by atoms with van der Waals surface area (Å²) in [6.07, 6.45) is 0. The molecule has 1 atom stereocenters. The zero-order chi connectivity index (χ0) is 27.2. The van der Waals surface area contributed by atoms with Crippen molar-refractivity contribution in [1.29, 1.82) is 0 Å². The molecule has 2 N–H and O–H groups in total. The standard InChI is InChI=1S/C28H28ClN3O5S/c1-16(27(33)30-22-14-21(29)23(36-4)15-24(22)37-5)38-28-31-25(17-6-10-19(34-2)11-7-17)26(32-28)18-8-12-20(35-3)13-9-18/h6-16H,1-5H3,(H,30,33)(H,31,32). The van der Waals surface area contributed by atoms with Crippen LogP contribution in [-0.2, 0) is 4.79 Å². The molecule has 0 saturated carbocycles. The number of hydrogen-bond donors (Lipinski definition) is 2. The molecule has 0 bridgehead atoms. The van der Waals surface area contributed by atoms with Crippen molar-refractivity contribution in [2.24, 2.45) is 0 Å². The summed E-state index contributed by atoms with van der Waals surface area (Å²) in [7, 11) is 6.29. The van der Waals surface area contributed by atoms with Crippen molar-refractivity contribution in [3.05, 3.63) is 65.7 Å². The number of imidazole rings is 1. The molecular formula is C28H28ClN3O5S. The first-order valence-corrected chi connectivity index (χ1v) is 12.9. The van der Waals surface area contributed by atoms with Gasteiger partial charge in [0.1, 0.15) is 23.0 Å². The number of H-pyrrole nitrogens is 1. The van der Waals surface area contributed by atoms with Gasteiger partial charge in [0.25, 0.3) is 0 Å². The van der Waals surface area contributed by atoms with E-state index in [1.165, 1.54) is 26.0 Å². The number of carbonyl (C=O) groups is 1. The highest BCUT2D eigenvalue weighted by atomic mass is 35.5. The molecule has 0 saturated heterocycles. The first-order chi connectivity index (χ1) is 18.4. The third-order valence-corrected chi connectivity index (χ3v) is 7.09. The van der Waals surface area contributed by atoms with Crippen molar-refractivity contribution < 1.29 is 23.7 Å². The molecular weight excluding hydrogens is 526 g/mol. The Balaban J connectivity index is 1.61. The van der Waals surface area contributed by atoms with Crippen LogP contribution in [0.15, 0.2) is 65.8 Å². The minimum atomic E-state index is -0.487. The molecule has 10 heteroatoms. The lowest BCUT2D eigenvalue weighted by Crippen LogP contribution is -2.22. The Morgan fingerprint density at radius 1 is 0.868 bits per heavy atom. The van der Waals surface area contributed by atoms with Crippen molar-refractivity contribution in [3.63, 3.8) is 0 Å². The van der Waals surface area contributed by atoms with Gasteiger partial charge >= 0.3 is 0 Å². The Morgan fingerprint density at radius 3 is 2.00 bits per heavy atom. The van der Waals surface area contributed by atoms with Gasteiger partial charge in [0.05, 0.1) is 55.8 Å². The summed E-state index contributed by atoms with van der Waals surface area (Å²) in [6.45, 7) is 1.81. The highest BCUT2D eigenvalue weighted by molar-refractivity contribution is 8.00. The van der Waals surface area contributed by atoms with Crippen LogP contribution in [0.2, 0.25) is 5.02 Å². The lowest BCUT2D eigenvalue weighted by Gasteiger charge is -2.15. The van der Waals surface area contributed by atoms with Crippen LogP contribution in [0.25, 0.3) is 22.5 Å². The molecule has 0 spiro atoms. The van der Waals surface area contributed by atoms with Crippen molar-refractivity contribution in [2.75, 3.05) is 33.8 Å². The van der Waals surface area contributed by atoms with Gasteiger partial charge in [-0.1, -0.05) is 23.4 Å². The van der Waals surface area contributed by atoms with Gasteiger partial charge < -0.3 is 29.2 Å². The van der Waals surface area contributed by atoms with Gasteiger partial charge in [-0.3, -0.25) is 4.79 Å². The Kier molecular flexibility index (Phi) is 8.70. The number of carbonyl (C=O) groups excluding carboxylic acids is 1. The van der Waals surface area contributed by atoms with E-state index in [0.717, 1.165) is 34.0 Å². The summed E-state index contributed by atoms with van der Waals surface area (Å²) in [5, 5.41) is 3.37. The topological polar surface area (TPSA) is 94.7 Å². The van der Waals surface area contributed by atoms with Crippen molar-refractivity contribution in [2.45, 2.75) is 17.3 Å². The third-order valence-electron chi connectivity index (χ3n) is 5.81. The molecule has 0 fully saturated rings. The Hall–Kier alpha value is -3.82. The van der Waals surface area contributed by atoms with Crippen LogP contribution < -0.4 is 24.3 Å². The van der Waals surface area contributed by atoms with Crippen LogP contribution in [0, 0.1) is 0 Å². The number of halogens is 1. The number of hydrogen-bond acceptors (Lipinski definition) is 7. The van der Waals surface area contributed by atoms with Crippen LogP contribution in [0.3, 0.4) is 0 Å². The normalized spacial score (nSPS) is 11.5. The minimum absolute atomic E-state index is 0.233. The molecule has 0 aliphatic carbocycles. The van der Waals surface area contributed by atoms with Crippen LogP contribution in [0.5, 0.6) is 23.0 Å². The van der Waals surface area contributed by atoms with E-state index in [-0.39, 0.29) is 5.91 Å². The van der Waals surface area contributed by atoms with Crippen LogP contribution in [0.4, 0.5) is 5.69 Å². The number of aromatic nitrogens is 2. The number of methoxy groups -OCH3 is 4. The second-order valence-electron chi connectivity index (χ2n) is 8.16. The predicted molar refractivity (Wildman–Crippen MR) is 151 cm³/mol. The summed E-state index contributed by atoms with van der Waals surface area (Å²) in [6, 6.07) is 18.6. The average molecular weight is 554 g/mol. The first-order valence-electron chi connectivity index (χ1n) is 11.6. The van der Waals surface area contributed by atoms with Crippen molar-refractivity contribution >= 4 is 35.0 Å². The molecule has 3 aromatic carbocycles. The van der Waals surface area contributed by atoms with E-state index in [1.807, 2.05) is 48.5 Å². The van der Waals surface area contributed by atoms with Gasteiger partial charge in [-0.2, -0.15) is 0 Å². The van der Waals surface area contributed by atoms with E-state index in [9.17, 15) is 4.79 Å². The molecule has 0 radical (unpaired) electrons. The van der Waals surface area contributed by atoms with E-state index in [2.05, 4.69) is 10.3 Å². The molecule has 198 valence electrons. The third kappa shape index (κ3) is 6.00. The SMILES string of the molecule is COc1ccc(-c2nc(SC(C)C(=O)Nc3cc(Cl)c(OC)cc3OC)[nH]c2-c2ccc(OC)cc2)cc1. The number of rotatable bonds is 10. The van der Waals surface area contributed by atoms with Crippen LogP contribution >= 0.6 is 23.4 Å². The Labute approximate surface area is 230 Å². The monoisotopic (exact) mass is 553 g/mol. The number of anilines is 1.